The quantitative estimate of drug-likeness (QED) is 0.290. The summed E-state index contributed by atoms with van der Waals surface area (Å²) in [5.41, 5.74) is 16.1. The first-order valence-electron chi connectivity index (χ1n) is 11.7. The van der Waals surface area contributed by atoms with Crippen molar-refractivity contribution in [2.24, 2.45) is 0 Å². The Kier molecular flexibility index (Phi) is 5.98. The van der Waals surface area contributed by atoms with Gasteiger partial charge in [0.15, 0.2) is 5.65 Å². The Balaban J connectivity index is 1.30. The Morgan fingerprint density at radius 2 is 1.73 bits per heavy atom. The molecule has 3 aromatic carbocycles. The van der Waals surface area contributed by atoms with Gasteiger partial charge in [0.2, 0.25) is 5.95 Å². The highest BCUT2D eigenvalue weighted by Crippen LogP contribution is 2.35. The summed E-state index contributed by atoms with van der Waals surface area (Å²) in [5, 5.41) is 6.37. The number of nitrogens with zero attached hydrogens (tertiary/aromatic N) is 5. The number of para-hydroxylation sites is 1. The van der Waals surface area contributed by atoms with Crippen LogP contribution in [-0.2, 0) is 13.0 Å². The molecule has 4 N–H and O–H groups in total. The molecule has 0 amide bonds. The summed E-state index contributed by atoms with van der Waals surface area (Å²) in [6.45, 7) is 1.41. The second-order valence-corrected chi connectivity index (χ2v) is 9.89. The first-order valence-corrected chi connectivity index (χ1v) is 12.5. The lowest BCUT2D eigenvalue weighted by molar-refractivity contribution is 0.439. The molecule has 37 heavy (non-hydrogen) atoms. The molecule has 8 nitrogen and oxygen atoms in total. The number of ether oxygens (including phenoxy) is 1. The molecule has 1 aliphatic heterocycles. The van der Waals surface area contributed by atoms with Crippen LogP contribution in [0.3, 0.4) is 0 Å². The molecule has 0 saturated carbocycles. The molecule has 3 heterocycles. The minimum Gasteiger partial charge on any atom is -0.457 e. The van der Waals surface area contributed by atoms with E-state index in [0.29, 0.717) is 44.9 Å². The Hall–Kier alpha value is -4.01. The number of halogens is 2. The van der Waals surface area contributed by atoms with Crippen LogP contribution >= 0.6 is 23.2 Å². The summed E-state index contributed by atoms with van der Waals surface area (Å²) in [4.78, 5) is 10.9. The van der Waals surface area contributed by atoms with Crippen molar-refractivity contribution < 1.29 is 4.74 Å². The summed E-state index contributed by atoms with van der Waals surface area (Å²) in [6, 6.07) is 21.6. The van der Waals surface area contributed by atoms with Gasteiger partial charge in [0, 0.05) is 28.8 Å². The van der Waals surface area contributed by atoms with Gasteiger partial charge >= 0.3 is 0 Å². The van der Waals surface area contributed by atoms with Crippen molar-refractivity contribution in [3.05, 3.63) is 94.1 Å². The zero-order valence-corrected chi connectivity index (χ0v) is 21.2. The van der Waals surface area contributed by atoms with Crippen LogP contribution in [0.2, 0.25) is 10.0 Å². The van der Waals surface area contributed by atoms with Crippen LogP contribution in [0.4, 0.5) is 17.5 Å². The van der Waals surface area contributed by atoms with Gasteiger partial charge in [0.05, 0.1) is 17.6 Å². The van der Waals surface area contributed by atoms with Gasteiger partial charge in [-0.3, -0.25) is 0 Å². The van der Waals surface area contributed by atoms with Crippen molar-refractivity contribution in [2.45, 2.75) is 19.0 Å². The minimum absolute atomic E-state index is 0.0362. The van der Waals surface area contributed by atoms with Gasteiger partial charge in [-0.15, -0.1) is 0 Å². The molecule has 0 bridgehead atoms. The number of nitrogen functional groups attached to an aromatic ring is 2. The molecule has 0 fully saturated rings. The van der Waals surface area contributed by atoms with Gasteiger partial charge in [0.25, 0.3) is 0 Å². The highest BCUT2D eigenvalue weighted by atomic mass is 35.5. The van der Waals surface area contributed by atoms with Crippen LogP contribution < -0.4 is 21.1 Å². The number of hydrogen-bond donors (Lipinski definition) is 2. The molecular weight excluding hydrogens is 509 g/mol. The molecule has 10 heteroatoms. The van der Waals surface area contributed by atoms with Crippen molar-refractivity contribution in [1.29, 1.82) is 0 Å². The summed E-state index contributed by atoms with van der Waals surface area (Å²) < 4.78 is 7.96. The van der Waals surface area contributed by atoms with Crippen molar-refractivity contribution in [3.63, 3.8) is 0 Å². The zero-order valence-electron chi connectivity index (χ0n) is 19.7. The number of hydrogen-bond acceptors (Lipinski definition) is 7. The van der Waals surface area contributed by atoms with Crippen molar-refractivity contribution in [2.75, 3.05) is 22.9 Å². The van der Waals surface area contributed by atoms with E-state index in [1.165, 1.54) is 11.3 Å². The van der Waals surface area contributed by atoms with E-state index in [-0.39, 0.29) is 12.0 Å². The van der Waals surface area contributed by atoms with Gasteiger partial charge in [-0.2, -0.15) is 15.1 Å². The van der Waals surface area contributed by atoms with E-state index in [4.69, 9.17) is 39.4 Å². The predicted octanol–water partition coefficient (Wildman–Crippen LogP) is 5.89. The molecule has 0 radical (unpaired) electrons. The first kappa shape index (κ1) is 23.4. The summed E-state index contributed by atoms with van der Waals surface area (Å²) >= 11 is 12.3. The maximum absolute atomic E-state index is 6.13. The lowest BCUT2D eigenvalue weighted by Crippen LogP contribution is -2.36. The number of anilines is 3. The lowest BCUT2D eigenvalue weighted by Gasteiger charge is -2.36. The fraction of sp³-hybridized carbons (Fsp3) is 0.148. The van der Waals surface area contributed by atoms with E-state index in [0.717, 1.165) is 18.5 Å². The molecular formula is C27H23Cl2N7O. The fourth-order valence-electron chi connectivity index (χ4n) is 4.86. The monoisotopic (exact) mass is 531 g/mol. The molecule has 0 spiro atoms. The second-order valence-electron chi connectivity index (χ2n) is 9.02. The Morgan fingerprint density at radius 1 is 0.919 bits per heavy atom. The van der Waals surface area contributed by atoms with Crippen molar-refractivity contribution in [1.82, 2.24) is 19.7 Å². The van der Waals surface area contributed by atoms with E-state index in [1.807, 2.05) is 22.9 Å². The molecule has 2 aromatic heterocycles. The van der Waals surface area contributed by atoms with Crippen LogP contribution in [0.5, 0.6) is 11.5 Å². The van der Waals surface area contributed by atoms with Crippen LogP contribution in [0.25, 0.3) is 11.0 Å². The van der Waals surface area contributed by atoms with Gasteiger partial charge in [-0.05, 0) is 53.9 Å². The highest BCUT2D eigenvalue weighted by molar-refractivity contribution is 6.34. The SMILES string of the molecule is Nc1nc(N)c2cnn(C3Cc4ccccc4N(Cc4cccc(Oc5cc(Cl)cc(Cl)c5)c4)C3)c2n1. The zero-order chi connectivity index (χ0) is 25.5. The molecule has 0 saturated heterocycles. The normalized spacial score (nSPS) is 15.1. The maximum Gasteiger partial charge on any atom is 0.224 e. The largest absolute Gasteiger partial charge is 0.457 e. The van der Waals surface area contributed by atoms with E-state index in [2.05, 4.69) is 50.3 Å². The van der Waals surface area contributed by atoms with Crippen LogP contribution in [0.15, 0.2) is 72.9 Å². The smallest absolute Gasteiger partial charge is 0.224 e. The molecule has 186 valence electrons. The summed E-state index contributed by atoms with van der Waals surface area (Å²) in [6.07, 6.45) is 2.52. The fourth-order valence-corrected chi connectivity index (χ4v) is 5.37. The van der Waals surface area contributed by atoms with Gasteiger partial charge in [0.1, 0.15) is 17.3 Å². The third-order valence-corrected chi connectivity index (χ3v) is 6.85. The van der Waals surface area contributed by atoms with E-state index >= 15 is 0 Å². The number of nitrogens with two attached hydrogens (primary N) is 2. The Bertz CT molecular complexity index is 1600. The molecule has 1 aliphatic rings. The molecule has 1 atom stereocenters. The molecule has 1 unspecified atom stereocenters. The third kappa shape index (κ3) is 4.73. The van der Waals surface area contributed by atoms with E-state index in [9.17, 15) is 0 Å². The van der Waals surface area contributed by atoms with Crippen LogP contribution in [0.1, 0.15) is 17.2 Å². The third-order valence-electron chi connectivity index (χ3n) is 6.41. The highest BCUT2D eigenvalue weighted by Gasteiger charge is 2.28. The van der Waals surface area contributed by atoms with Crippen LogP contribution in [0, 0.1) is 0 Å². The molecule has 5 aromatic rings. The maximum atomic E-state index is 6.13. The van der Waals surface area contributed by atoms with Crippen LogP contribution in [-0.4, -0.2) is 26.3 Å². The first-order chi connectivity index (χ1) is 17.9. The van der Waals surface area contributed by atoms with Gasteiger partial charge in [-0.1, -0.05) is 53.5 Å². The lowest BCUT2D eigenvalue weighted by atomic mass is 9.97. The summed E-state index contributed by atoms with van der Waals surface area (Å²) in [7, 11) is 0. The number of fused-ring (bicyclic) bond motifs is 2. The van der Waals surface area contributed by atoms with E-state index in [1.54, 1.807) is 24.4 Å². The standard InChI is InChI=1S/C27H23Cl2N7O/c28-18-10-19(29)12-22(11-18)37-21-6-3-4-16(8-21)14-35-15-20(9-17-5-1-2-7-24(17)35)36-26-23(13-32-36)25(30)33-27(31)34-26/h1-8,10-13,20H,9,14-15H2,(H4,30,31,33,34). The number of aromatic nitrogens is 4. The Labute approximate surface area is 223 Å². The van der Waals surface area contributed by atoms with E-state index < -0.39 is 0 Å². The van der Waals surface area contributed by atoms with Crippen molar-refractivity contribution >= 4 is 51.7 Å². The molecule has 6 rings (SSSR count). The van der Waals surface area contributed by atoms with Gasteiger partial charge in [-0.25, -0.2) is 4.68 Å². The predicted molar refractivity (Wildman–Crippen MR) is 147 cm³/mol. The Morgan fingerprint density at radius 3 is 2.57 bits per heavy atom. The van der Waals surface area contributed by atoms with Gasteiger partial charge < -0.3 is 21.1 Å². The summed E-state index contributed by atoms with van der Waals surface area (Å²) in [5.74, 6) is 1.76. The topological polar surface area (TPSA) is 108 Å². The average Bonchev–Trinajstić information content (AvgIpc) is 3.28. The second kappa shape index (κ2) is 9.46. The molecule has 0 aliphatic carbocycles. The van der Waals surface area contributed by atoms with Crippen molar-refractivity contribution in [3.8, 4) is 11.5 Å². The average molecular weight is 532 g/mol. The number of rotatable bonds is 5. The number of benzene rings is 3. The minimum atomic E-state index is 0.0362.